The van der Waals surface area contributed by atoms with Gasteiger partial charge in [0.25, 0.3) is 0 Å². The average Bonchev–Trinajstić information content (AvgIpc) is 3.14. The van der Waals surface area contributed by atoms with E-state index in [1.165, 1.54) is 0 Å². The first-order valence-corrected chi connectivity index (χ1v) is 9.16. The largest absolute Gasteiger partial charge is 0.497 e. The predicted octanol–water partition coefficient (Wildman–Crippen LogP) is 6.52. The lowest BCUT2D eigenvalue weighted by Gasteiger charge is -2.08. The molecule has 27 heavy (non-hydrogen) atoms. The smallest absolute Gasteiger partial charge is 0.119 e. The van der Waals surface area contributed by atoms with Gasteiger partial charge < -0.3 is 4.74 Å². The Hall–Kier alpha value is -2.75. The first kappa shape index (κ1) is 17.7. The zero-order valence-corrected chi connectivity index (χ0v) is 16.1. The lowest BCUT2D eigenvalue weighted by Crippen LogP contribution is -1.99. The third-order valence-corrected chi connectivity index (χ3v) is 4.81. The second-order valence-corrected chi connectivity index (χ2v) is 6.91. The van der Waals surface area contributed by atoms with Crippen molar-refractivity contribution in [2.24, 2.45) is 0 Å². The van der Waals surface area contributed by atoms with Gasteiger partial charge in [0.2, 0.25) is 0 Å². The zero-order valence-electron chi connectivity index (χ0n) is 14.6. The molecule has 3 nitrogen and oxygen atoms in total. The lowest BCUT2D eigenvalue weighted by molar-refractivity contribution is 0.414. The van der Waals surface area contributed by atoms with Crippen LogP contribution in [0.5, 0.6) is 5.75 Å². The lowest BCUT2D eigenvalue weighted by atomic mass is 10.1. The monoisotopic (exact) mass is 394 g/mol. The zero-order chi connectivity index (χ0) is 18.8. The number of aromatic nitrogens is 2. The molecule has 0 aliphatic rings. The molecule has 0 spiro atoms. The van der Waals surface area contributed by atoms with Crippen molar-refractivity contribution in [1.29, 1.82) is 0 Å². The fourth-order valence-corrected chi connectivity index (χ4v) is 3.14. The Bertz CT molecular complexity index is 1050. The first-order valence-electron chi connectivity index (χ1n) is 8.40. The molecule has 0 aliphatic carbocycles. The van der Waals surface area contributed by atoms with Gasteiger partial charge in [-0.3, -0.25) is 0 Å². The minimum atomic E-state index is 0.700. The van der Waals surface area contributed by atoms with Gasteiger partial charge in [0.1, 0.15) is 5.75 Å². The van der Waals surface area contributed by atoms with Crippen molar-refractivity contribution in [2.45, 2.75) is 0 Å². The third kappa shape index (κ3) is 3.70. The van der Waals surface area contributed by atoms with Crippen molar-refractivity contribution < 1.29 is 4.74 Å². The van der Waals surface area contributed by atoms with Gasteiger partial charge in [-0.2, -0.15) is 5.10 Å². The molecule has 4 rings (SSSR count). The summed E-state index contributed by atoms with van der Waals surface area (Å²) in [7, 11) is 1.65. The summed E-state index contributed by atoms with van der Waals surface area (Å²) >= 11 is 12.1. The summed E-state index contributed by atoms with van der Waals surface area (Å²) in [5.41, 5.74) is 4.82. The van der Waals surface area contributed by atoms with Crippen LogP contribution in [0.2, 0.25) is 10.0 Å². The van der Waals surface area contributed by atoms with E-state index in [2.05, 4.69) is 6.07 Å². The van der Waals surface area contributed by atoms with Crippen LogP contribution in [-0.2, 0) is 0 Å². The molecule has 4 aromatic rings. The molecule has 1 aromatic heterocycles. The van der Waals surface area contributed by atoms with Crippen LogP contribution in [-0.4, -0.2) is 16.9 Å². The normalized spacial score (nSPS) is 10.8. The van der Waals surface area contributed by atoms with E-state index in [1.807, 2.05) is 77.5 Å². The number of rotatable bonds is 4. The number of methoxy groups -OCH3 is 1. The van der Waals surface area contributed by atoms with Crippen molar-refractivity contribution in [2.75, 3.05) is 7.11 Å². The van der Waals surface area contributed by atoms with E-state index >= 15 is 0 Å². The highest BCUT2D eigenvalue weighted by Crippen LogP contribution is 2.30. The summed E-state index contributed by atoms with van der Waals surface area (Å²) in [5.74, 6) is 0.803. The van der Waals surface area contributed by atoms with E-state index < -0.39 is 0 Å². The van der Waals surface area contributed by atoms with Crippen LogP contribution < -0.4 is 4.74 Å². The topological polar surface area (TPSA) is 27.1 Å². The molecule has 0 amide bonds. The second kappa shape index (κ2) is 7.47. The minimum absolute atomic E-state index is 0.700. The highest BCUT2D eigenvalue weighted by atomic mass is 35.5. The summed E-state index contributed by atoms with van der Waals surface area (Å²) in [5, 5.41) is 6.24. The molecule has 0 saturated carbocycles. The van der Waals surface area contributed by atoms with Gasteiger partial charge in [0, 0.05) is 21.2 Å². The molecule has 0 radical (unpaired) electrons. The van der Waals surface area contributed by atoms with Crippen LogP contribution in [0.3, 0.4) is 0 Å². The quantitative estimate of drug-likeness (QED) is 0.393. The fraction of sp³-hybridized carbons (Fsp3) is 0.0455. The summed E-state index contributed by atoms with van der Waals surface area (Å²) < 4.78 is 7.19. The summed E-state index contributed by atoms with van der Waals surface area (Å²) in [6.07, 6.45) is 0. The average molecular weight is 395 g/mol. The number of benzene rings is 3. The van der Waals surface area contributed by atoms with Gasteiger partial charge in [-0.15, -0.1) is 0 Å². The SMILES string of the molecule is COc1ccc(-n2nc(-c3ccc(Cl)cc3)cc2-c2ccc(Cl)cc2)cc1. The Morgan fingerprint density at radius 2 is 1.30 bits per heavy atom. The van der Waals surface area contributed by atoms with Crippen LogP contribution in [0, 0.1) is 0 Å². The Morgan fingerprint density at radius 3 is 1.85 bits per heavy atom. The molecule has 0 N–H and O–H groups in total. The minimum Gasteiger partial charge on any atom is -0.497 e. The summed E-state index contributed by atoms with van der Waals surface area (Å²) in [4.78, 5) is 0. The third-order valence-electron chi connectivity index (χ3n) is 4.31. The maximum absolute atomic E-state index is 6.06. The van der Waals surface area contributed by atoms with E-state index in [0.29, 0.717) is 10.0 Å². The molecule has 1 heterocycles. The number of nitrogens with zero attached hydrogens (tertiary/aromatic N) is 2. The highest BCUT2D eigenvalue weighted by Gasteiger charge is 2.13. The van der Waals surface area contributed by atoms with E-state index in [0.717, 1.165) is 34.0 Å². The number of hydrogen-bond acceptors (Lipinski definition) is 2. The predicted molar refractivity (Wildman–Crippen MR) is 111 cm³/mol. The Balaban J connectivity index is 1.86. The van der Waals surface area contributed by atoms with Gasteiger partial charge in [0.15, 0.2) is 0 Å². The van der Waals surface area contributed by atoms with Crippen LogP contribution >= 0.6 is 23.2 Å². The molecule has 0 aliphatic heterocycles. The van der Waals surface area contributed by atoms with Gasteiger partial charge >= 0.3 is 0 Å². The van der Waals surface area contributed by atoms with Crippen LogP contribution in [0.4, 0.5) is 0 Å². The van der Waals surface area contributed by atoms with Gasteiger partial charge in [-0.1, -0.05) is 47.5 Å². The van der Waals surface area contributed by atoms with E-state index in [4.69, 9.17) is 33.0 Å². The van der Waals surface area contributed by atoms with Crippen molar-refractivity contribution >= 4 is 23.2 Å². The van der Waals surface area contributed by atoms with E-state index in [1.54, 1.807) is 7.11 Å². The molecule has 0 fully saturated rings. The molecule has 3 aromatic carbocycles. The van der Waals surface area contributed by atoms with E-state index in [9.17, 15) is 0 Å². The molecule has 5 heteroatoms. The Labute approximate surface area is 167 Å². The van der Waals surface area contributed by atoms with Crippen LogP contribution in [0.15, 0.2) is 78.9 Å². The Morgan fingerprint density at radius 1 is 0.741 bits per heavy atom. The maximum atomic E-state index is 6.06. The first-order chi connectivity index (χ1) is 13.1. The number of hydrogen-bond donors (Lipinski definition) is 0. The van der Waals surface area contributed by atoms with Gasteiger partial charge in [0.05, 0.1) is 24.2 Å². The molecular weight excluding hydrogens is 379 g/mol. The van der Waals surface area contributed by atoms with Gasteiger partial charge in [-0.25, -0.2) is 4.68 Å². The van der Waals surface area contributed by atoms with Crippen molar-refractivity contribution in [1.82, 2.24) is 9.78 Å². The summed E-state index contributed by atoms with van der Waals surface area (Å²) in [6.45, 7) is 0. The molecule has 0 saturated heterocycles. The maximum Gasteiger partial charge on any atom is 0.119 e. The standard InChI is InChI=1S/C22H16Cl2N2O/c1-27-20-12-10-19(11-13-20)26-22(16-4-8-18(24)9-5-16)14-21(25-26)15-2-6-17(23)7-3-15/h2-14H,1H3. The van der Waals surface area contributed by atoms with Crippen molar-refractivity contribution in [3.63, 3.8) is 0 Å². The molecule has 0 unspecified atom stereocenters. The molecule has 0 bridgehead atoms. The number of ether oxygens (including phenoxy) is 1. The molecule has 0 atom stereocenters. The van der Waals surface area contributed by atoms with Crippen molar-refractivity contribution in [3.05, 3.63) is 88.9 Å². The number of halogens is 2. The van der Waals surface area contributed by atoms with Gasteiger partial charge in [-0.05, 0) is 54.6 Å². The second-order valence-electron chi connectivity index (χ2n) is 6.04. The highest BCUT2D eigenvalue weighted by molar-refractivity contribution is 6.30. The Kier molecular flexibility index (Phi) is 4.88. The van der Waals surface area contributed by atoms with Crippen molar-refractivity contribution in [3.8, 4) is 34.0 Å². The summed E-state index contributed by atoms with van der Waals surface area (Å²) in [6, 6.07) is 25.3. The van der Waals surface area contributed by atoms with Crippen LogP contribution in [0.1, 0.15) is 0 Å². The fourth-order valence-electron chi connectivity index (χ4n) is 2.89. The molecular formula is C22H16Cl2N2O. The van der Waals surface area contributed by atoms with Crippen LogP contribution in [0.25, 0.3) is 28.2 Å². The van der Waals surface area contributed by atoms with E-state index in [-0.39, 0.29) is 0 Å². The molecule has 134 valence electrons.